The second-order valence-electron chi connectivity index (χ2n) is 2.86. The monoisotopic (exact) mass is 281 g/mol. The lowest BCUT2D eigenvalue weighted by atomic mass is 10.3. The van der Waals surface area contributed by atoms with E-state index in [2.05, 4.69) is 21.0 Å². The average molecular weight is 283 g/mol. The summed E-state index contributed by atoms with van der Waals surface area (Å²) in [6.45, 7) is 0. The highest BCUT2D eigenvalue weighted by Crippen LogP contribution is 2.18. The van der Waals surface area contributed by atoms with Crippen molar-refractivity contribution in [3.8, 4) is 11.8 Å². The van der Waals surface area contributed by atoms with Gasteiger partial charge in [0, 0.05) is 11.2 Å². The summed E-state index contributed by atoms with van der Waals surface area (Å²) in [5, 5.41) is 13.5. The molecule has 0 saturated heterocycles. The molecule has 74 valence electrons. The number of rotatable bonds is 1. The highest BCUT2D eigenvalue weighted by molar-refractivity contribution is 9.10. The minimum absolute atomic E-state index is 0.366. The van der Waals surface area contributed by atoms with Crippen LogP contribution in [0.3, 0.4) is 0 Å². The van der Waals surface area contributed by atoms with Crippen LogP contribution < -0.4 is 0 Å². The number of aromatic nitrogens is 2. The van der Waals surface area contributed by atoms with Crippen LogP contribution in [0.5, 0.6) is 0 Å². The average Bonchev–Trinajstić information content (AvgIpc) is 2.61. The summed E-state index contributed by atoms with van der Waals surface area (Å²) >= 11 is 9.03. The molecular weight excluding hydrogens is 277 g/mol. The van der Waals surface area contributed by atoms with Crippen LogP contribution >= 0.6 is 27.5 Å². The van der Waals surface area contributed by atoms with Crippen LogP contribution in [0.25, 0.3) is 5.69 Å². The first kappa shape index (κ1) is 10.2. The van der Waals surface area contributed by atoms with E-state index in [4.69, 9.17) is 16.9 Å². The first-order valence-corrected chi connectivity index (χ1v) is 5.29. The fourth-order valence-corrected chi connectivity index (χ4v) is 1.64. The summed E-state index contributed by atoms with van der Waals surface area (Å²) in [5.41, 5.74) is 1.23. The van der Waals surface area contributed by atoms with Gasteiger partial charge in [-0.05, 0) is 40.2 Å². The number of halogens is 2. The number of hydrogen-bond donors (Lipinski definition) is 0. The summed E-state index contributed by atoms with van der Waals surface area (Å²) in [4.78, 5) is 0. The number of benzene rings is 1. The number of nitrogens with zero attached hydrogens (tertiary/aromatic N) is 3. The summed E-state index contributed by atoms with van der Waals surface area (Å²) in [6, 6.07) is 9.22. The lowest BCUT2D eigenvalue weighted by Crippen LogP contribution is -1.94. The molecule has 2 aromatic rings. The summed E-state index contributed by atoms with van der Waals surface area (Å²) < 4.78 is 2.30. The van der Waals surface area contributed by atoms with Crippen LogP contribution in [-0.2, 0) is 0 Å². The predicted molar refractivity (Wildman–Crippen MR) is 61.0 cm³/mol. The Bertz CT molecular complexity index is 525. The zero-order valence-corrected chi connectivity index (χ0v) is 9.83. The fraction of sp³-hybridized carbons (Fsp3) is 0. The van der Waals surface area contributed by atoms with E-state index in [1.165, 1.54) is 0 Å². The number of hydrogen-bond acceptors (Lipinski definition) is 2. The molecule has 1 aromatic carbocycles. The smallest absolute Gasteiger partial charge is 0.177 e. The molecule has 2 rings (SSSR count). The maximum atomic E-state index is 8.75. The molecule has 15 heavy (non-hydrogen) atoms. The molecule has 0 amide bonds. The van der Waals surface area contributed by atoms with Gasteiger partial charge in [-0.25, -0.2) is 4.68 Å². The van der Waals surface area contributed by atoms with E-state index in [0.29, 0.717) is 15.2 Å². The zero-order valence-electron chi connectivity index (χ0n) is 7.48. The summed E-state index contributed by atoms with van der Waals surface area (Å²) in [5.74, 6) is 0. The Morgan fingerprint density at radius 2 is 2.00 bits per heavy atom. The van der Waals surface area contributed by atoms with Gasteiger partial charge in [0.2, 0.25) is 0 Å². The molecule has 0 aliphatic carbocycles. The molecule has 3 nitrogen and oxygen atoms in total. The van der Waals surface area contributed by atoms with Crippen molar-refractivity contribution in [2.75, 3.05) is 0 Å². The molecule has 5 heteroatoms. The Morgan fingerprint density at radius 3 is 2.53 bits per heavy atom. The standard InChI is InChI=1S/C10H5BrClN3/c11-9-6-15(14-10(9)5-13)8-3-1-7(12)2-4-8/h1-4,6H. The highest BCUT2D eigenvalue weighted by Gasteiger charge is 2.06. The molecule has 0 fully saturated rings. The van der Waals surface area contributed by atoms with Crippen LogP contribution in [0.4, 0.5) is 0 Å². The van der Waals surface area contributed by atoms with Crippen LogP contribution in [0.15, 0.2) is 34.9 Å². The molecule has 0 N–H and O–H groups in total. The van der Waals surface area contributed by atoms with Gasteiger partial charge < -0.3 is 0 Å². The van der Waals surface area contributed by atoms with Crippen molar-refractivity contribution < 1.29 is 0 Å². The third kappa shape index (κ3) is 2.04. The lowest BCUT2D eigenvalue weighted by molar-refractivity contribution is 0.873. The van der Waals surface area contributed by atoms with E-state index in [9.17, 15) is 0 Å². The van der Waals surface area contributed by atoms with Gasteiger partial charge in [-0.2, -0.15) is 10.4 Å². The minimum atomic E-state index is 0.366. The van der Waals surface area contributed by atoms with Gasteiger partial charge in [-0.3, -0.25) is 0 Å². The topological polar surface area (TPSA) is 41.6 Å². The zero-order chi connectivity index (χ0) is 10.8. The summed E-state index contributed by atoms with van der Waals surface area (Å²) in [7, 11) is 0. The first-order valence-electron chi connectivity index (χ1n) is 4.12. The highest BCUT2D eigenvalue weighted by atomic mass is 79.9. The van der Waals surface area contributed by atoms with Crippen molar-refractivity contribution in [2.24, 2.45) is 0 Å². The molecule has 0 aliphatic rings. The van der Waals surface area contributed by atoms with Crippen molar-refractivity contribution in [1.82, 2.24) is 9.78 Å². The largest absolute Gasteiger partial charge is 0.238 e. The number of nitriles is 1. The van der Waals surface area contributed by atoms with Gasteiger partial charge in [0.1, 0.15) is 6.07 Å². The minimum Gasteiger partial charge on any atom is -0.238 e. The normalized spacial score (nSPS) is 9.93. The van der Waals surface area contributed by atoms with Gasteiger partial charge in [-0.15, -0.1) is 0 Å². The predicted octanol–water partition coefficient (Wildman–Crippen LogP) is 3.16. The molecule has 0 radical (unpaired) electrons. The second kappa shape index (κ2) is 4.05. The van der Waals surface area contributed by atoms with E-state index in [1.807, 2.05) is 18.2 Å². The molecule has 0 bridgehead atoms. The lowest BCUT2D eigenvalue weighted by Gasteiger charge is -1.99. The van der Waals surface area contributed by atoms with Crippen LogP contribution in [0.1, 0.15) is 5.69 Å². The summed E-state index contributed by atoms with van der Waals surface area (Å²) in [6.07, 6.45) is 1.74. The third-order valence-electron chi connectivity index (χ3n) is 1.87. The van der Waals surface area contributed by atoms with Gasteiger partial charge in [0.05, 0.1) is 10.2 Å². The van der Waals surface area contributed by atoms with E-state index < -0.39 is 0 Å². The molecule has 1 heterocycles. The van der Waals surface area contributed by atoms with E-state index in [-0.39, 0.29) is 0 Å². The molecule has 1 aromatic heterocycles. The van der Waals surface area contributed by atoms with Crippen molar-refractivity contribution in [3.63, 3.8) is 0 Å². The maximum Gasteiger partial charge on any atom is 0.177 e. The van der Waals surface area contributed by atoms with Crippen molar-refractivity contribution in [2.45, 2.75) is 0 Å². The molecule has 0 spiro atoms. The van der Waals surface area contributed by atoms with Crippen LogP contribution in [0, 0.1) is 11.3 Å². The Hall–Kier alpha value is -1.31. The fourth-order valence-electron chi connectivity index (χ4n) is 1.15. The SMILES string of the molecule is N#Cc1nn(-c2ccc(Cl)cc2)cc1Br. The van der Waals surface area contributed by atoms with E-state index in [1.54, 1.807) is 23.0 Å². The Morgan fingerprint density at radius 1 is 1.33 bits per heavy atom. The van der Waals surface area contributed by atoms with Crippen molar-refractivity contribution in [1.29, 1.82) is 5.26 Å². The van der Waals surface area contributed by atoms with Gasteiger partial charge in [-0.1, -0.05) is 11.6 Å². The maximum absolute atomic E-state index is 8.75. The third-order valence-corrected chi connectivity index (χ3v) is 2.70. The van der Waals surface area contributed by atoms with Gasteiger partial charge in [0.15, 0.2) is 5.69 Å². The van der Waals surface area contributed by atoms with Crippen molar-refractivity contribution >= 4 is 27.5 Å². The van der Waals surface area contributed by atoms with Gasteiger partial charge in [0.25, 0.3) is 0 Å². The molecule has 0 saturated carbocycles. The molecule has 0 atom stereocenters. The van der Waals surface area contributed by atoms with Gasteiger partial charge >= 0.3 is 0 Å². The Labute approximate surface area is 100 Å². The first-order chi connectivity index (χ1) is 7.20. The molecular formula is C10H5BrClN3. The second-order valence-corrected chi connectivity index (χ2v) is 4.15. The van der Waals surface area contributed by atoms with E-state index >= 15 is 0 Å². The quantitative estimate of drug-likeness (QED) is 0.806. The Kier molecular flexibility index (Phi) is 2.76. The van der Waals surface area contributed by atoms with Crippen molar-refractivity contribution in [3.05, 3.63) is 45.7 Å². The van der Waals surface area contributed by atoms with E-state index in [0.717, 1.165) is 5.69 Å². The molecule has 0 unspecified atom stereocenters. The van der Waals surface area contributed by atoms with Crippen LogP contribution in [-0.4, -0.2) is 9.78 Å². The van der Waals surface area contributed by atoms with Crippen LogP contribution in [0.2, 0.25) is 5.02 Å². The molecule has 0 aliphatic heterocycles. The Balaban J connectivity index is 2.46.